The summed E-state index contributed by atoms with van der Waals surface area (Å²) in [7, 11) is -3.54. The average molecular weight is 280 g/mol. The van der Waals surface area contributed by atoms with Crippen molar-refractivity contribution < 1.29 is 13.2 Å². The molecule has 0 atom stereocenters. The first-order chi connectivity index (χ1) is 8.94. The van der Waals surface area contributed by atoms with Crippen molar-refractivity contribution in [1.82, 2.24) is 10.0 Å². The second-order valence-corrected chi connectivity index (χ2v) is 5.79. The van der Waals surface area contributed by atoms with Gasteiger partial charge in [-0.25, -0.2) is 13.1 Å². The first-order valence-electron chi connectivity index (χ1n) is 5.66. The molecule has 1 aromatic carbocycles. The third-order valence-electron chi connectivity index (χ3n) is 2.45. The summed E-state index contributed by atoms with van der Waals surface area (Å²) in [5.41, 5.74) is 1.60. The van der Waals surface area contributed by atoms with E-state index in [-0.39, 0.29) is 18.8 Å². The summed E-state index contributed by atoms with van der Waals surface area (Å²) in [6, 6.07) is 7.20. The molecular formula is C13H16N2O3S. The molecule has 1 amide bonds. The van der Waals surface area contributed by atoms with E-state index in [1.165, 1.54) is 0 Å². The van der Waals surface area contributed by atoms with Crippen LogP contribution in [0.25, 0.3) is 0 Å². The molecule has 0 aromatic heterocycles. The highest BCUT2D eigenvalue weighted by Crippen LogP contribution is 2.10. The molecule has 0 bridgehead atoms. The molecule has 0 aliphatic carbocycles. The largest absolute Gasteiger partial charge is 0.344 e. The summed E-state index contributed by atoms with van der Waals surface area (Å²) >= 11 is 0. The van der Waals surface area contributed by atoms with E-state index < -0.39 is 15.9 Å². The Morgan fingerprint density at radius 2 is 2.05 bits per heavy atom. The zero-order valence-electron chi connectivity index (χ0n) is 10.6. The van der Waals surface area contributed by atoms with Gasteiger partial charge in [0.1, 0.15) is 0 Å². The Morgan fingerprint density at radius 1 is 1.37 bits per heavy atom. The maximum Gasteiger partial charge on any atom is 0.235 e. The minimum Gasteiger partial charge on any atom is -0.344 e. The van der Waals surface area contributed by atoms with Crippen LogP contribution >= 0.6 is 0 Å². The average Bonchev–Trinajstić information content (AvgIpc) is 2.36. The molecule has 0 spiro atoms. The monoisotopic (exact) mass is 280 g/mol. The van der Waals surface area contributed by atoms with Crippen molar-refractivity contribution in [3.8, 4) is 12.3 Å². The van der Waals surface area contributed by atoms with Crippen molar-refractivity contribution in [1.29, 1.82) is 0 Å². The fraction of sp³-hybridized carbons (Fsp3) is 0.308. The molecule has 2 N–H and O–H groups in total. The molecule has 19 heavy (non-hydrogen) atoms. The Hall–Kier alpha value is -1.84. The lowest BCUT2D eigenvalue weighted by Crippen LogP contribution is -2.37. The number of terminal acetylenes is 1. The van der Waals surface area contributed by atoms with Crippen molar-refractivity contribution in [2.45, 2.75) is 12.7 Å². The summed E-state index contributed by atoms with van der Waals surface area (Å²) in [6.45, 7) is 1.61. The van der Waals surface area contributed by atoms with Gasteiger partial charge >= 0.3 is 0 Å². The standard InChI is InChI=1S/C13H16N2O3S/c1-3-8-14-13(16)9-15-19(17,18)10-12-7-5-4-6-11(12)2/h1,4-7,15H,8-10H2,2H3,(H,14,16). The molecule has 1 aromatic rings. The lowest BCUT2D eigenvalue weighted by atomic mass is 10.1. The fourth-order valence-corrected chi connectivity index (χ4v) is 2.60. The number of amides is 1. The lowest BCUT2D eigenvalue weighted by Gasteiger charge is -2.08. The molecule has 6 heteroatoms. The summed E-state index contributed by atoms with van der Waals surface area (Å²) < 4.78 is 25.8. The number of carbonyl (C=O) groups is 1. The first kappa shape index (κ1) is 15.2. The van der Waals surface area contributed by atoms with Gasteiger partial charge in [-0.1, -0.05) is 30.2 Å². The number of aryl methyl sites for hydroxylation is 1. The third-order valence-corrected chi connectivity index (χ3v) is 3.72. The van der Waals surface area contributed by atoms with Crippen LogP contribution in [0.2, 0.25) is 0 Å². The second-order valence-electron chi connectivity index (χ2n) is 3.99. The van der Waals surface area contributed by atoms with Gasteiger partial charge in [0.25, 0.3) is 0 Å². The summed E-state index contributed by atoms with van der Waals surface area (Å²) in [5.74, 6) is 1.63. The van der Waals surface area contributed by atoms with Gasteiger partial charge in [-0.05, 0) is 18.1 Å². The van der Waals surface area contributed by atoms with E-state index in [4.69, 9.17) is 6.42 Å². The molecule has 0 heterocycles. The predicted molar refractivity (Wildman–Crippen MR) is 73.6 cm³/mol. The van der Waals surface area contributed by atoms with Gasteiger partial charge in [-0.3, -0.25) is 4.79 Å². The number of rotatable bonds is 6. The van der Waals surface area contributed by atoms with Crippen LogP contribution in [0.1, 0.15) is 11.1 Å². The number of sulfonamides is 1. The van der Waals surface area contributed by atoms with Crippen LogP contribution in [-0.4, -0.2) is 27.4 Å². The number of nitrogens with one attached hydrogen (secondary N) is 2. The molecular weight excluding hydrogens is 264 g/mol. The smallest absolute Gasteiger partial charge is 0.235 e. The highest BCUT2D eigenvalue weighted by molar-refractivity contribution is 7.88. The quantitative estimate of drug-likeness (QED) is 0.729. The Kier molecular flexibility index (Phi) is 5.55. The minimum absolute atomic E-state index is 0.0817. The third kappa shape index (κ3) is 5.55. The van der Waals surface area contributed by atoms with Gasteiger partial charge in [-0.15, -0.1) is 6.42 Å². The van der Waals surface area contributed by atoms with E-state index >= 15 is 0 Å². The maximum atomic E-state index is 11.8. The maximum absolute atomic E-state index is 11.8. The van der Waals surface area contributed by atoms with Crippen molar-refractivity contribution in [2.24, 2.45) is 0 Å². The Balaban J connectivity index is 2.56. The number of hydrogen-bond donors (Lipinski definition) is 2. The van der Waals surface area contributed by atoms with Crippen molar-refractivity contribution >= 4 is 15.9 Å². The Morgan fingerprint density at radius 3 is 2.68 bits per heavy atom. The van der Waals surface area contributed by atoms with Crippen LogP contribution in [0.5, 0.6) is 0 Å². The van der Waals surface area contributed by atoms with Gasteiger partial charge in [0.05, 0.1) is 18.8 Å². The predicted octanol–water partition coefficient (Wildman–Crippen LogP) is 0.164. The molecule has 0 radical (unpaired) electrons. The Bertz CT molecular complexity index is 588. The van der Waals surface area contributed by atoms with Gasteiger partial charge in [0.15, 0.2) is 0 Å². The molecule has 0 fully saturated rings. The van der Waals surface area contributed by atoms with Crippen molar-refractivity contribution in [3.63, 3.8) is 0 Å². The van der Waals surface area contributed by atoms with Gasteiger partial charge in [0, 0.05) is 0 Å². The van der Waals surface area contributed by atoms with Crippen LogP contribution in [0, 0.1) is 19.3 Å². The normalized spacial score (nSPS) is 10.7. The molecule has 0 saturated carbocycles. The number of benzene rings is 1. The van der Waals surface area contributed by atoms with E-state index in [2.05, 4.69) is 16.0 Å². The van der Waals surface area contributed by atoms with E-state index in [0.717, 1.165) is 5.56 Å². The van der Waals surface area contributed by atoms with Crippen molar-refractivity contribution in [2.75, 3.05) is 13.1 Å². The summed E-state index contributed by atoms with van der Waals surface area (Å²) in [4.78, 5) is 11.2. The highest BCUT2D eigenvalue weighted by Gasteiger charge is 2.14. The molecule has 0 aliphatic heterocycles. The number of hydrogen-bond acceptors (Lipinski definition) is 3. The van der Waals surface area contributed by atoms with E-state index in [1.54, 1.807) is 12.1 Å². The van der Waals surface area contributed by atoms with Crippen LogP contribution < -0.4 is 10.0 Å². The zero-order chi connectivity index (χ0) is 14.3. The van der Waals surface area contributed by atoms with E-state index in [1.807, 2.05) is 19.1 Å². The molecule has 102 valence electrons. The van der Waals surface area contributed by atoms with Gasteiger partial charge in [0.2, 0.25) is 15.9 Å². The van der Waals surface area contributed by atoms with Gasteiger partial charge < -0.3 is 5.32 Å². The zero-order valence-corrected chi connectivity index (χ0v) is 11.5. The second kappa shape index (κ2) is 6.92. The van der Waals surface area contributed by atoms with Crippen LogP contribution in [0.15, 0.2) is 24.3 Å². The Labute approximate surface area is 113 Å². The van der Waals surface area contributed by atoms with E-state index in [9.17, 15) is 13.2 Å². The molecule has 5 nitrogen and oxygen atoms in total. The van der Waals surface area contributed by atoms with E-state index in [0.29, 0.717) is 5.56 Å². The molecule has 0 saturated heterocycles. The first-order valence-corrected chi connectivity index (χ1v) is 7.32. The van der Waals surface area contributed by atoms with Gasteiger partial charge in [-0.2, -0.15) is 0 Å². The minimum atomic E-state index is -3.54. The fourth-order valence-electron chi connectivity index (χ4n) is 1.42. The summed E-state index contributed by atoms with van der Waals surface area (Å²) in [5, 5.41) is 2.38. The SMILES string of the molecule is C#CCNC(=O)CNS(=O)(=O)Cc1ccccc1C. The highest BCUT2D eigenvalue weighted by atomic mass is 32.2. The van der Waals surface area contributed by atoms with Crippen LogP contribution in [0.3, 0.4) is 0 Å². The summed E-state index contributed by atoms with van der Waals surface area (Å²) in [6.07, 6.45) is 4.97. The topological polar surface area (TPSA) is 75.3 Å². The molecule has 1 rings (SSSR count). The molecule has 0 unspecified atom stereocenters. The van der Waals surface area contributed by atoms with Crippen molar-refractivity contribution in [3.05, 3.63) is 35.4 Å². The molecule has 0 aliphatic rings. The van der Waals surface area contributed by atoms with Crippen LogP contribution in [0.4, 0.5) is 0 Å². The number of carbonyl (C=O) groups excluding carboxylic acids is 1. The van der Waals surface area contributed by atoms with Crippen LogP contribution in [-0.2, 0) is 20.6 Å². The lowest BCUT2D eigenvalue weighted by molar-refractivity contribution is -0.119.